The maximum Gasteiger partial charge on any atom is 0.173 e. The molecule has 5 nitrogen and oxygen atoms in total. The van der Waals surface area contributed by atoms with E-state index in [1.54, 1.807) is 0 Å². The number of sulfone groups is 1. The predicted molar refractivity (Wildman–Crippen MR) is 114 cm³/mol. The van der Waals surface area contributed by atoms with Crippen LogP contribution < -0.4 is 5.32 Å². The van der Waals surface area contributed by atoms with Gasteiger partial charge < -0.3 is 15.0 Å². The Morgan fingerprint density at radius 2 is 2.07 bits per heavy atom. The minimum Gasteiger partial charge on any atom is -0.376 e. The number of hydrogen-bond acceptors (Lipinski definition) is 4. The van der Waals surface area contributed by atoms with E-state index in [2.05, 4.69) is 24.4 Å². The van der Waals surface area contributed by atoms with Gasteiger partial charge in [-0.15, -0.1) is 0 Å². The lowest BCUT2D eigenvalue weighted by molar-refractivity contribution is 0.0851. The second-order valence-electron chi connectivity index (χ2n) is 7.57. The van der Waals surface area contributed by atoms with Crippen molar-refractivity contribution >= 4 is 32.9 Å². The number of rotatable bonds is 7. The largest absolute Gasteiger partial charge is 0.376 e. The molecule has 2 aliphatic heterocycles. The zero-order valence-electron chi connectivity index (χ0n) is 16.0. The van der Waals surface area contributed by atoms with Gasteiger partial charge in [0, 0.05) is 24.9 Å². The average Bonchev–Trinajstić information content (AvgIpc) is 3.28. The van der Waals surface area contributed by atoms with Crippen LogP contribution in [0.1, 0.15) is 44.6 Å². The molecule has 0 bridgehead atoms. The molecule has 0 aromatic heterocycles. The predicted octanol–water partition coefficient (Wildman–Crippen LogP) is 3.39. The Morgan fingerprint density at radius 1 is 1.30 bits per heavy atom. The standard InChI is InChI=1S/C20H30N2O3S2/c1-2-3-5-16-7-9-17(10-8-16)21-20(26)22(14-19-6-4-12-25-19)18-11-13-27(23,24)15-18/h7-10,18-19H,2-6,11-15H2,1H3,(H,21,26)/t18-,19+/m1/s1. The molecule has 2 fully saturated rings. The molecule has 1 aromatic rings. The number of anilines is 1. The van der Waals surface area contributed by atoms with Gasteiger partial charge in [0.15, 0.2) is 14.9 Å². The molecule has 1 aromatic carbocycles. The van der Waals surface area contributed by atoms with Gasteiger partial charge in [-0.2, -0.15) is 0 Å². The fraction of sp³-hybridized carbons (Fsp3) is 0.650. The van der Waals surface area contributed by atoms with Gasteiger partial charge in [-0.1, -0.05) is 25.5 Å². The molecule has 2 heterocycles. The molecule has 0 spiro atoms. The molecular weight excluding hydrogens is 380 g/mol. The van der Waals surface area contributed by atoms with E-state index in [-0.39, 0.29) is 23.7 Å². The highest BCUT2D eigenvalue weighted by molar-refractivity contribution is 7.91. The van der Waals surface area contributed by atoms with Gasteiger partial charge in [0.2, 0.25) is 0 Å². The van der Waals surface area contributed by atoms with Crippen LogP contribution in [0, 0.1) is 0 Å². The molecule has 0 radical (unpaired) electrons. The average molecular weight is 411 g/mol. The molecule has 0 saturated carbocycles. The Kier molecular flexibility index (Phi) is 7.11. The van der Waals surface area contributed by atoms with Crippen LogP contribution in [-0.2, 0) is 21.0 Å². The van der Waals surface area contributed by atoms with Gasteiger partial charge in [-0.3, -0.25) is 0 Å². The lowest BCUT2D eigenvalue weighted by Gasteiger charge is -2.33. The van der Waals surface area contributed by atoms with Crippen molar-refractivity contribution in [3.05, 3.63) is 29.8 Å². The molecule has 1 N–H and O–H groups in total. The van der Waals surface area contributed by atoms with Crippen LogP contribution in [0.2, 0.25) is 0 Å². The van der Waals surface area contributed by atoms with Crippen molar-refractivity contribution in [2.45, 2.75) is 57.6 Å². The molecule has 0 aliphatic carbocycles. The Morgan fingerprint density at radius 3 is 2.67 bits per heavy atom. The van der Waals surface area contributed by atoms with E-state index in [0.717, 1.165) is 31.6 Å². The maximum atomic E-state index is 12.0. The van der Waals surface area contributed by atoms with Gasteiger partial charge in [-0.05, 0) is 62.0 Å². The quantitative estimate of drug-likeness (QED) is 0.696. The third kappa shape index (κ3) is 5.90. The molecule has 0 amide bonds. The summed E-state index contributed by atoms with van der Waals surface area (Å²) in [5.41, 5.74) is 2.27. The number of unbranched alkanes of at least 4 members (excludes halogenated alkanes) is 1. The summed E-state index contributed by atoms with van der Waals surface area (Å²) in [6.07, 6.45) is 6.29. The van der Waals surface area contributed by atoms with E-state index in [9.17, 15) is 8.42 Å². The van der Waals surface area contributed by atoms with Crippen molar-refractivity contribution < 1.29 is 13.2 Å². The zero-order valence-corrected chi connectivity index (χ0v) is 17.7. The molecular formula is C20H30N2O3S2. The third-order valence-corrected chi connectivity index (χ3v) is 7.45. The van der Waals surface area contributed by atoms with Crippen molar-refractivity contribution in [1.82, 2.24) is 4.90 Å². The molecule has 7 heteroatoms. The van der Waals surface area contributed by atoms with E-state index in [1.807, 2.05) is 17.0 Å². The van der Waals surface area contributed by atoms with Crippen molar-refractivity contribution in [2.24, 2.45) is 0 Å². The first-order chi connectivity index (χ1) is 13.0. The van der Waals surface area contributed by atoms with E-state index in [4.69, 9.17) is 17.0 Å². The highest BCUT2D eigenvalue weighted by atomic mass is 32.2. The number of aryl methyl sites for hydroxylation is 1. The minimum absolute atomic E-state index is 0.0666. The van der Waals surface area contributed by atoms with E-state index in [1.165, 1.54) is 18.4 Å². The molecule has 2 saturated heterocycles. The van der Waals surface area contributed by atoms with Crippen LogP contribution in [0.15, 0.2) is 24.3 Å². The minimum atomic E-state index is -2.96. The van der Waals surface area contributed by atoms with Gasteiger partial charge in [-0.25, -0.2) is 8.42 Å². The molecule has 0 unspecified atom stereocenters. The van der Waals surface area contributed by atoms with Crippen LogP contribution in [0.4, 0.5) is 5.69 Å². The van der Waals surface area contributed by atoms with Crippen LogP contribution in [0.3, 0.4) is 0 Å². The van der Waals surface area contributed by atoms with E-state index < -0.39 is 9.84 Å². The number of nitrogens with zero attached hydrogens (tertiary/aromatic N) is 1. The van der Waals surface area contributed by atoms with Crippen LogP contribution in [0.25, 0.3) is 0 Å². The summed E-state index contributed by atoms with van der Waals surface area (Å²) in [5.74, 6) is 0.423. The van der Waals surface area contributed by atoms with Crippen molar-refractivity contribution in [1.29, 1.82) is 0 Å². The van der Waals surface area contributed by atoms with Crippen LogP contribution in [-0.4, -0.2) is 55.2 Å². The van der Waals surface area contributed by atoms with Crippen LogP contribution in [0.5, 0.6) is 0 Å². The van der Waals surface area contributed by atoms with Gasteiger partial charge in [0.05, 0.1) is 17.6 Å². The summed E-state index contributed by atoms with van der Waals surface area (Å²) in [6, 6.07) is 8.29. The van der Waals surface area contributed by atoms with Gasteiger partial charge in [0.25, 0.3) is 0 Å². The Hall–Kier alpha value is -1.18. The number of benzene rings is 1. The summed E-state index contributed by atoms with van der Waals surface area (Å²) < 4.78 is 29.7. The number of nitrogens with one attached hydrogen (secondary N) is 1. The topological polar surface area (TPSA) is 58.6 Å². The second kappa shape index (κ2) is 9.34. The first-order valence-electron chi connectivity index (χ1n) is 9.95. The zero-order chi connectivity index (χ0) is 19.3. The van der Waals surface area contributed by atoms with Crippen molar-refractivity contribution in [2.75, 3.05) is 30.0 Å². The second-order valence-corrected chi connectivity index (χ2v) is 10.2. The Bertz CT molecular complexity index is 728. The fourth-order valence-corrected chi connectivity index (χ4v) is 5.83. The smallest absolute Gasteiger partial charge is 0.173 e. The lowest BCUT2D eigenvalue weighted by Crippen LogP contribution is -2.47. The number of thiocarbonyl (C=S) groups is 1. The molecule has 150 valence electrons. The fourth-order valence-electron chi connectivity index (χ4n) is 3.76. The molecule has 2 aliphatic rings. The SMILES string of the molecule is CCCCc1ccc(NC(=S)N(C[C@@H]2CCCO2)[C@@H]2CCS(=O)(=O)C2)cc1. The van der Waals surface area contributed by atoms with Crippen molar-refractivity contribution in [3.8, 4) is 0 Å². The summed E-state index contributed by atoms with van der Waals surface area (Å²) in [7, 11) is -2.96. The lowest BCUT2D eigenvalue weighted by atomic mass is 10.1. The van der Waals surface area contributed by atoms with Crippen molar-refractivity contribution in [3.63, 3.8) is 0 Å². The maximum absolute atomic E-state index is 12.0. The summed E-state index contributed by atoms with van der Waals surface area (Å²) in [6.45, 7) is 3.63. The number of ether oxygens (including phenoxy) is 1. The highest BCUT2D eigenvalue weighted by Crippen LogP contribution is 2.23. The molecule has 27 heavy (non-hydrogen) atoms. The number of hydrogen-bond donors (Lipinski definition) is 1. The molecule has 3 rings (SSSR count). The van der Waals surface area contributed by atoms with E-state index >= 15 is 0 Å². The normalized spacial score (nSPS) is 24.0. The summed E-state index contributed by atoms with van der Waals surface area (Å²) in [4.78, 5) is 2.04. The van der Waals surface area contributed by atoms with Gasteiger partial charge >= 0.3 is 0 Å². The van der Waals surface area contributed by atoms with Gasteiger partial charge in [0.1, 0.15) is 0 Å². The van der Waals surface area contributed by atoms with E-state index in [0.29, 0.717) is 18.1 Å². The highest BCUT2D eigenvalue weighted by Gasteiger charge is 2.35. The summed E-state index contributed by atoms with van der Waals surface area (Å²) >= 11 is 5.67. The summed E-state index contributed by atoms with van der Waals surface area (Å²) in [5, 5.41) is 3.90. The first-order valence-corrected chi connectivity index (χ1v) is 12.2. The third-order valence-electron chi connectivity index (χ3n) is 5.36. The molecule has 2 atom stereocenters. The Labute approximate surface area is 168 Å². The first kappa shape index (κ1) is 20.6. The Balaban J connectivity index is 1.66. The van der Waals surface area contributed by atoms with Crippen LogP contribution >= 0.6 is 12.2 Å². The monoisotopic (exact) mass is 410 g/mol.